The molecule has 8 heteroatoms. The van der Waals surface area contributed by atoms with Gasteiger partial charge in [0.05, 0.1) is 30.8 Å². The van der Waals surface area contributed by atoms with Gasteiger partial charge in [-0.15, -0.1) is 0 Å². The number of anilines is 1. The van der Waals surface area contributed by atoms with E-state index in [0.717, 1.165) is 5.56 Å². The Balaban J connectivity index is 1.77. The standard InChI is InChI=1S/C22H20ClN3O4/c23-17-6-2-1-5-15(17)13-26-14-16(9-10-21(26)28)22(29)25-18-7-3-4-8-19(18)30-12-11-20(24)27/h1-10,14H,11-13H2,(H2,24,27)(H,25,29). The number of halogens is 1. The first kappa shape index (κ1) is 21.1. The third-order valence-corrected chi connectivity index (χ3v) is 4.65. The summed E-state index contributed by atoms with van der Waals surface area (Å²) in [6.07, 6.45) is 1.55. The molecule has 3 N–H and O–H groups in total. The average molecular weight is 426 g/mol. The van der Waals surface area contributed by atoms with Crippen LogP contribution in [-0.4, -0.2) is 23.0 Å². The number of rotatable bonds is 8. The summed E-state index contributed by atoms with van der Waals surface area (Å²) in [5.74, 6) is -0.470. The summed E-state index contributed by atoms with van der Waals surface area (Å²) >= 11 is 6.18. The fraction of sp³-hybridized carbons (Fsp3) is 0.136. The van der Waals surface area contributed by atoms with Crippen molar-refractivity contribution in [2.45, 2.75) is 13.0 Å². The number of ether oxygens (including phenoxy) is 1. The van der Waals surface area contributed by atoms with E-state index in [-0.39, 0.29) is 25.1 Å². The Morgan fingerprint density at radius 3 is 2.53 bits per heavy atom. The summed E-state index contributed by atoms with van der Waals surface area (Å²) in [5, 5.41) is 3.31. The summed E-state index contributed by atoms with van der Waals surface area (Å²) in [7, 11) is 0. The number of carbonyl (C=O) groups excluding carboxylic acids is 2. The minimum atomic E-state index is -0.475. The number of pyridine rings is 1. The maximum absolute atomic E-state index is 12.7. The molecule has 0 atom stereocenters. The van der Waals surface area contributed by atoms with Gasteiger partial charge in [0.25, 0.3) is 11.5 Å². The van der Waals surface area contributed by atoms with E-state index >= 15 is 0 Å². The Morgan fingerprint density at radius 2 is 1.77 bits per heavy atom. The van der Waals surface area contributed by atoms with Crippen molar-refractivity contribution >= 4 is 29.1 Å². The predicted molar refractivity (Wildman–Crippen MR) is 115 cm³/mol. The number of hydrogen-bond donors (Lipinski definition) is 2. The molecular weight excluding hydrogens is 406 g/mol. The van der Waals surface area contributed by atoms with Crippen LogP contribution in [0.4, 0.5) is 5.69 Å². The van der Waals surface area contributed by atoms with E-state index in [9.17, 15) is 14.4 Å². The lowest BCUT2D eigenvalue weighted by atomic mass is 10.2. The number of primary amides is 1. The molecule has 0 saturated heterocycles. The van der Waals surface area contributed by atoms with Crippen LogP contribution in [0.1, 0.15) is 22.3 Å². The number of nitrogens with zero attached hydrogens (tertiary/aromatic N) is 1. The molecule has 0 aliphatic heterocycles. The Kier molecular flexibility index (Phi) is 6.87. The van der Waals surface area contributed by atoms with Gasteiger partial charge in [-0.2, -0.15) is 0 Å². The average Bonchev–Trinajstić information content (AvgIpc) is 2.72. The van der Waals surface area contributed by atoms with Crippen molar-refractivity contribution in [3.05, 3.63) is 93.4 Å². The van der Waals surface area contributed by atoms with Crippen LogP contribution in [0.5, 0.6) is 5.75 Å². The number of para-hydroxylation sites is 2. The molecule has 0 aliphatic rings. The van der Waals surface area contributed by atoms with Crippen LogP contribution in [0, 0.1) is 0 Å². The zero-order valence-corrected chi connectivity index (χ0v) is 16.8. The van der Waals surface area contributed by atoms with Crippen molar-refractivity contribution in [1.82, 2.24) is 4.57 Å². The van der Waals surface area contributed by atoms with E-state index in [1.807, 2.05) is 12.1 Å². The molecule has 154 valence electrons. The Morgan fingerprint density at radius 1 is 1.03 bits per heavy atom. The van der Waals surface area contributed by atoms with Gasteiger partial charge in [0, 0.05) is 17.3 Å². The van der Waals surface area contributed by atoms with E-state index in [0.29, 0.717) is 22.0 Å². The Labute approximate surface area is 178 Å². The summed E-state index contributed by atoms with van der Waals surface area (Å²) in [6, 6.07) is 16.8. The van der Waals surface area contributed by atoms with Crippen LogP contribution < -0.4 is 21.3 Å². The van der Waals surface area contributed by atoms with E-state index < -0.39 is 11.8 Å². The normalized spacial score (nSPS) is 10.4. The second-order valence-corrected chi connectivity index (χ2v) is 6.90. The molecular formula is C22H20ClN3O4. The van der Waals surface area contributed by atoms with Crippen LogP contribution >= 0.6 is 11.6 Å². The van der Waals surface area contributed by atoms with Crippen LogP contribution in [0.25, 0.3) is 0 Å². The van der Waals surface area contributed by atoms with Gasteiger partial charge < -0.3 is 20.4 Å². The third kappa shape index (κ3) is 5.48. The van der Waals surface area contributed by atoms with Crippen molar-refractivity contribution in [1.29, 1.82) is 0 Å². The lowest BCUT2D eigenvalue weighted by Gasteiger charge is -2.13. The lowest BCUT2D eigenvalue weighted by molar-refractivity contribution is -0.118. The molecule has 2 amide bonds. The predicted octanol–water partition coefficient (Wildman–Crippen LogP) is 3.06. The van der Waals surface area contributed by atoms with Gasteiger partial charge in [0.2, 0.25) is 5.91 Å². The van der Waals surface area contributed by atoms with E-state index in [1.54, 1.807) is 36.4 Å². The molecule has 0 spiro atoms. The van der Waals surface area contributed by atoms with E-state index in [1.165, 1.54) is 22.9 Å². The fourth-order valence-electron chi connectivity index (χ4n) is 2.75. The van der Waals surface area contributed by atoms with Gasteiger partial charge in [-0.1, -0.05) is 41.9 Å². The van der Waals surface area contributed by atoms with E-state index in [4.69, 9.17) is 22.1 Å². The maximum Gasteiger partial charge on any atom is 0.257 e. The minimum Gasteiger partial charge on any atom is -0.491 e. The maximum atomic E-state index is 12.7. The van der Waals surface area contributed by atoms with Gasteiger partial charge in [-0.3, -0.25) is 14.4 Å². The molecule has 0 radical (unpaired) electrons. The molecule has 1 heterocycles. The van der Waals surface area contributed by atoms with Crippen molar-refractivity contribution in [2.75, 3.05) is 11.9 Å². The van der Waals surface area contributed by atoms with Crippen LogP contribution in [0.3, 0.4) is 0 Å². The number of benzene rings is 2. The molecule has 3 aromatic rings. The number of aromatic nitrogens is 1. The largest absolute Gasteiger partial charge is 0.491 e. The highest BCUT2D eigenvalue weighted by Crippen LogP contribution is 2.24. The molecule has 1 aromatic heterocycles. The quantitative estimate of drug-likeness (QED) is 0.578. The zero-order valence-electron chi connectivity index (χ0n) is 16.0. The van der Waals surface area contributed by atoms with Gasteiger partial charge >= 0.3 is 0 Å². The first-order chi connectivity index (χ1) is 14.4. The molecule has 0 bridgehead atoms. The monoisotopic (exact) mass is 425 g/mol. The van der Waals surface area contributed by atoms with Crippen molar-refractivity contribution in [3.63, 3.8) is 0 Å². The third-order valence-electron chi connectivity index (χ3n) is 4.29. The van der Waals surface area contributed by atoms with Crippen LogP contribution in [-0.2, 0) is 11.3 Å². The molecule has 2 aromatic carbocycles. The zero-order chi connectivity index (χ0) is 21.5. The van der Waals surface area contributed by atoms with Crippen molar-refractivity contribution in [3.8, 4) is 5.75 Å². The molecule has 7 nitrogen and oxygen atoms in total. The Bertz CT molecular complexity index is 1130. The smallest absolute Gasteiger partial charge is 0.257 e. The van der Waals surface area contributed by atoms with Crippen molar-refractivity contribution in [2.24, 2.45) is 5.73 Å². The van der Waals surface area contributed by atoms with E-state index in [2.05, 4.69) is 5.32 Å². The molecule has 30 heavy (non-hydrogen) atoms. The topological polar surface area (TPSA) is 103 Å². The number of amides is 2. The second-order valence-electron chi connectivity index (χ2n) is 6.49. The number of nitrogens with two attached hydrogens (primary N) is 1. The minimum absolute atomic E-state index is 0.0648. The Hall–Kier alpha value is -3.58. The van der Waals surface area contributed by atoms with Crippen LogP contribution in [0.15, 0.2) is 71.7 Å². The second kappa shape index (κ2) is 9.76. The highest BCUT2D eigenvalue weighted by Gasteiger charge is 2.12. The highest BCUT2D eigenvalue weighted by atomic mass is 35.5. The summed E-state index contributed by atoms with van der Waals surface area (Å²) in [4.78, 5) is 35.9. The van der Waals surface area contributed by atoms with Gasteiger partial charge in [-0.05, 0) is 29.8 Å². The van der Waals surface area contributed by atoms with Gasteiger partial charge in [0.15, 0.2) is 0 Å². The lowest BCUT2D eigenvalue weighted by Crippen LogP contribution is -2.23. The summed E-state index contributed by atoms with van der Waals surface area (Å²) in [6.45, 7) is 0.345. The summed E-state index contributed by atoms with van der Waals surface area (Å²) in [5.41, 5.74) is 6.38. The molecule has 0 saturated carbocycles. The fourth-order valence-corrected chi connectivity index (χ4v) is 2.95. The van der Waals surface area contributed by atoms with Crippen molar-refractivity contribution < 1.29 is 14.3 Å². The molecule has 3 rings (SSSR count). The van der Waals surface area contributed by atoms with Gasteiger partial charge in [-0.25, -0.2) is 0 Å². The highest BCUT2D eigenvalue weighted by molar-refractivity contribution is 6.31. The number of hydrogen-bond acceptors (Lipinski definition) is 4. The molecule has 0 unspecified atom stereocenters. The molecule has 0 fully saturated rings. The van der Waals surface area contributed by atoms with Crippen LogP contribution in [0.2, 0.25) is 5.02 Å². The number of nitrogens with one attached hydrogen (secondary N) is 1. The SMILES string of the molecule is NC(=O)CCOc1ccccc1NC(=O)c1ccc(=O)n(Cc2ccccc2Cl)c1. The summed E-state index contributed by atoms with van der Waals surface area (Å²) < 4.78 is 6.96. The number of carbonyl (C=O) groups is 2. The first-order valence-corrected chi connectivity index (χ1v) is 9.57. The molecule has 0 aliphatic carbocycles. The first-order valence-electron chi connectivity index (χ1n) is 9.19. The van der Waals surface area contributed by atoms with Gasteiger partial charge in [0.1, 0.15) is 5.75 Å².